The summed E-state index contributed by atoms with van der Waals surface area (Å²) < 4.78 is 49.1. The highest BCUT2D eigenvalue weighted by atomic mass is 19.4. The van der Waals surface area contributed by atoms with Crippen molar-refractivity contribution in [3.05, 3.63) is 29.3 Å². The number of alkyl halides is 3. The molecule has 0 aliphatic rings. The quantitative estimate of drug-likeness (QED) is 0.719. The van der Waals surface area contributed by atoms with Crippen LogP contribution in [0, 0.1) is 5.82 Å². The van der Waals surface area contributed by atoms with Crippen LogP contribution >= 0.6 is 0 Å². The van der Waals surface area contributed by atoms with Crippen LogP contribution in [0.1, 0.15) is 15.9 Å². The highest BCUT2D eigenvalue weighted by Gasteiger charge is 2.38. The SMILES string of the molecule is O=C(O)c1cncc(F)c1C(F)(F)F. The summed E-state index contributed by atoms with van der Waals surface area (Å²) in [6, 6.07) is 0. The number of halogens is 4. The van der Waals surface area contributed by atoms with Gasteiger partial charge >= 0.3 is 12.1 Å². The van der Waals surface area contributed by atoms with Crippen molar-refractivity contribution in [1.29, 1.82) is 0 Å². The van der Waals surface area contributed by atoms with Crippen LogP contribution in [0.15, 0.2) is 12.4 Å². The monoisotopic (exact) mass is 209 g/mol. The lowest BCUT2D eigenvalue weighted by Crippen LogP contribution is -2.15. The smallest absolute Gasteiger partial charge is 0.420 e. The predicted octanol–water partition coefficient (Wildman–Crippen LogP) is 1.94. The topological polar surface area (TPSA) is 50.2 Å². The van der Waals surface area contributed by atoms with Crippen molar-refractivity contribution >= 4 is 5.97 Å². The van der Waals surface area contributed by atoms with Crippen molar-refractivity contribution < 1.29 is 27.5 Å². The summed E-state index contributed by atoms with van der Waals surface area (Å²) in [6.45, 7) is 0. The average Bonchev–Trinajstić information content (AvgIpc) is 2.01. The fourth-order valence-corrected chi connectivity index (χ4v) is 0.885. The Morgan fingerprint density at radius 1 is 1.36 bits per heavy atom. The molecule has 0 atom stereocenters. The summed E-state index contributed by atoms with van der Waals surface area (Å²) in [4.78, 5) is 13.3. The molecule has 0 amide bonds. The third-order valence-corrected chi connectivity index (χ3v) is 1.41. The number of nitrogens with zero attached hydrogens (tertiary/aromatic N) is 1. The molecule has 14 heavy (non-hydrogen) atoms. The first-order valence-electron chi connectivity index (χ1n) is 3.28. The number of carboxylic acid groups (broad SMARTS) is 1. The molecule has 1 rings (SSSR count). The first-order valence-corrected chi connectivity index (χ1v) is 3.28. The number of hydrogen-bond donors (Lipinski definition) is 1. The Morgan fingerprint density at radius 2 is 1.93 bits per heavy atom. The lowest BCUT2D eigenvalue weighted by atomic mass is 10.1. The zero-order valence-electron chi connectivity index (χ0n) is 6.47. The third kappa shape index (κ3) is 1.81. The molecule has 0 spiro atoms. The van der Waals surface area contributed by atoms with Crippen LogP contribution in [-0.2, 0) is 6.18 Å². The van der Waals surface area contributed by atoms with Gasteiger partial charge in [0.1, 0.15) is 5.56 Å². The Balaban J connectivity index is 3.45. The minimum atomic E-state index is -5.04. The van der Waals surface area contributed by atoms with Gasteiger partial charge in [-0.05, 0) is 0 Å². The molecule has 0 radical (unpaired) electrons. The maximum absolute atomic E-state index is 12.7. The molecule has 3 nitrogen and oxygen atoms in total. The van der Waals surface area contributed by atoms with Gasteiger partial charge in [0, 0.05) is 6.20 Å². The number of pyridine rings is 1. The van der Waals surface area contributed by atoms with Gasteiger partial charge in [-0.2, -0.15) is 13.2 Å². The van der Waals surface area contributed by atoms with Gasteiger partial charge in [-0.15, -0.1) is 0 Å². The van der Waals surface area contributed by atoms with E-state index < -0.39 is 29.1 Å². The number of carbonyl (C=O) groups is 1. The van der Waals surface area contributed by atoms with E-state index in [2.05, 4.69) is 4.98 Å². The van der Waals surface area contributed by atoms with Crippen LogP contribution in [0.25, 0.3) is 0 Å². The van der Waals surface area contributed by atoms with Gasteiger partial charge in [-0.25, -0.2) is 9.18 Å². The van der Waals surface area contributed by atoms with Gasteiger partial charge in [0.25, 0.3) is 0 Å². The van der Waals surface area contributed by atoms with E-state index in [0.29, 0.717) is 12.4 Å². The third-order valence-electron chi connectivity index (χ3n) is 1.41. The Morgan fingerprint density at radius 3 is 2.29 bits per heavy atom. The molecule has 0 aliphatic carbocycles. The van der Waals surface area contributed by atoms with E-state index >= 15 is 0 Å². The molecule has 1 aromatic heterocycles. The molecule has 1 N–H and O–H groups in total. The zero-order chi connectivity index (χ0) is 10.9. The lowest BCUT2D eigenvalue weighted by Gasteiger charge is -2.09. The number of aromatic nitrogens is 1. The highest BCUT2D eigenvalue weighted by molar-refractivity contribution is 5.89. The van der Waals surface area contributed by atoms with E-state index in [9.17, 15) is 22.4 Å². The number of carboxylic acids is 1. The zero-order valence-corrected chi connectivity index (χ0v) is 6.47. The van der Waals surface area contributed by atoms with Crippen LogP contribution in [0.4, 0.5) is 17.6 Å². The average molecular weight is 209 g/mol. The molecular formula is C7H3F4NO2. The number of rotatable bonds is 1. The molecule has 1 aromatic rings. The van der Waals surface area contributed by atoms with Gasteiger partial charge in [0.2, 0.25) is 0 Å². The number of hydrogen-bond acceptors (Lipinski definition) is 2. The van der Waals surface area contributed by atoms with Crippen LogP contribution in [0.5, 0.6) is 0 Å². The number of aromatic carboxylic acids is 1. The fourth-order valence-electron chi connectivity index (χ4n) is 0.885. The van der Waals surface area contributed by atoms with Crippen molar-refractivity contribution in [2.45, 2.75) is 6.18 Å². The second-order valence-corrected chi connectivity index (χ2v) is 2.35. The summed E-state index contributed by atoms with van der Waals surface area (Å²) in [6.07, 6.45) is -4.27. The summed E-state index contributed by atoms with van der Waals surface area (Å²) in [5, 5.41) is 8.35. The first kappa shape index (κ1) is 10.4. The van der Waals surface area contributed by atoms with E-state index in [1.165, 1.54) is 0 Å². The van der Waals surface area contributed by atoms with Crippen molar-refractivity contribution in [3.8, 4) is 0 Å². The van der Waals surface area contributed by atoms with Gasteiger partial charge in [-0.3, -0.25) is 4.98 Å². The molecule has 1 heterocycles. The second-order valence-electron chi connectivity index (χ2n) is 2.35. The molecule has 0 aliphatic heterocycles. The van der Waals surface area contributed by atoms with Crippen LogP contribution < -0.4 is 0 Å². The van der Waals surface area contributed by atoms with Gasteiger partial charge in [0.15, 0.2) is 5.82 Å². The summed E-state index contributed by atoms with van der Waals surface area (Å²) >= 11 is 0. The van der Waals surface area contributed by atoms with Gasteiger partial charge in [0.05, 0.1) is 11.8 Å². The molecule has 0 bridgehead atoms. The Bertz CT molecular complexity index is 374. The Hall–Kier alpha value is -1.66. The van der Waals surface area contributed by atoms with E-state index in [4.69, 9.17) is 5.11 Å². The lowest BCUT2D eigenvalue weighted by molar-refractivity contribution is -0.140. The first-order chi connectivity index (χ1) is 6.34. The normalized spacial score (nSPS) is 11.4. The maximum Gasteiger partial charge on any atom is 0.420 e. The molecule has 0 saturated heterocycles. The summed E-state index contributed by atoms with van der Waals surface area (Å²) in [7, 11) is 0. The second kappa shape index (κ2) is 3.24. The summed E-state index contributed by atoms with van der Waals surface area (Å²) in [5.74, 6) is -3.57. The van der Waals surface area contributed by atoms with Crippen molar-refractivity contribution in [2.75, 3.05) is 0 Å². The van der Waals surface area contributed by atoms with Crippen LogP contribution in [-0.4, -0.2) is 16.1 Å². The van der Waals surface area contributed by atoms with E-state index in [1.807, 2.05) is 0 Å². The molecule has 7 heteroatoms. The van der Waals surface area contributed by atoms with E-state index in [-0.39, 0.29) is 0 Å². The van der Waals surface area contributed by atoms with Crippen molar-refractivity contribution in [3.63, 3.8) is 0 Å². The van der Waals surface area contributed by atoms with Crippen molar-refractivity contribution in [2.24, 2.45) is 0 Å². The van der Waals surface area contributed by atoms with Gasteiger partial charge < -0.3 is 5.11 Å². The molecular weight excluding hydrogens is 206 g/mol. The van der Waals surface area contributed by atoms with Crippen LogP contribution in [0.3, 0.4) is 0 Å². The van der Waals surface area contributed by atoms with E-state index in [0.717, 1.165) is 0 Å². The Labute approximate surface area is 75.0 Å². The fraction of sp³-hybridized carbons (Fsp3) is 0.143. The molecule has 76 valence electrons. The molecule has 0 aromatic carbocycles. The highest BCUT2D eigenvalue weighted by Crippen LogP contribution is 2.33. The predicted molar refractivity (Wildman–Crippen MR) is 36.2 cm³/mol. The minimum Gasteiger partial charge on any atom is -0.478 e. The van der Waals surface area contributed by atoms with E-state index in [1.54, 1.807) is 0 Å². The molecule has 0 saturated carbocycles. The maximum atomic E-state index is 12.7. The summed E-state index contributed by atoms with van der Waals surface area (Å²) in [5.41, 5.74) is -3.00. The molecule has 0 unspecified atom stereocenters. The molecule has 0 fully saturated rings. The van der Waals surface area contributed by atoms with Crippen LogP contribution in [0.2, 0.25) is 0 Å². The minimum absolute atomic E-state index is 0.315. The Kier molecular flexibility index (Phi) is 2.41. The standard InChI is InChI=1S/C7H3F4NO2/c8-4-2-12-1-3(6(13)14)5(4)7(9,10)11/h1-2H,(H,13,14). The largest absolute Gasteiger partial charge is 0.478 e. The van der Waals surface area contributed by atoms with Crippen molar-refractivity contribution in [1.82, 2.24) is 4.98 Å². The van der Waals surface area contributed by atoms with Gasteiger partial charge in [-0.1, -0.05) is 0 Å².